The van der Waals surface area contributed by atoms with E-state index in [1.807, 2.05) is 0 Å². The fraction of sp³-hybridized carbons (Fsp3) is 1.00. The molecule has 0 aromatic heterocycles. The second-order valence-corrected chi connectivity index (χ2v) is 14.6. The van der Waals surface area contributed by atoms with Crippen LogP contribution in [0.25, 0.3) is 0 Å². The van der Waals surface area contributed by atoms with Gasteiger partial charge in [0, 0.05) is 8.65 Å². The zero-order chi connectivity index (χ0) is 11.8. The van der Waals surface area contributed by atoms with E-state index in [9.17, 15) is 4.57 Å². The van der Waals surface area contributed by atoms with Crippen molar-refractivity contribution in [1.82, 2.24) is 0 Å². The zero-order valence-corrected chi connectivity index (χ0v) is 14.3. The maximum Gasteiger partial charge on any atom is 0.259 e. The van der Waals surface area contributed by atoms with Gasteiger partial charge in [-0.25, -0.2) is 0 Å². The normalized spacial score (nSPS) is 55.6. The van der Waals surface area contributed by atoms with E-state index in [4.69, 9.17) is 22.5 Å². The van der Waals surface area contributed by atoms with Crippen molar-refractivity contribution < 1.29 is 4.57 Å². The molecule has 4 fully saturated rings. The molecule has 16 heavy (non-hydrogen) atoms. The molecule has 1 nitrogen and oxygen atoms in total. The minimum Gasteiger partial charge on any atom is -0.289 e. The standard InChI is InChI=1S/C10H13Br2Cl2OP/c11-8-1-7-2-9(12,4-8)6-10(3-7,5-8)16(13,14)15/h7H,1-6H2/t7?,8-,9+,10?. The van der Waals surface area contributed by atoms with Gasteiger partial charge < -0.3 is 0 Å². The van der Waals surface area contributed by atoms with E-state index in [0.717, 1.165) is 25.7 Å². The predicted molar refractivity (Wildman–Crippen MR) is 76.6 cm³/mol. The fourth-order valence-electron chi connectivity index (χ4n) is 4.45. The Morgan fingerprint density at radius 2 is 1.50 bits per heavy atom. The van der Waals surface area contributed by atoms with Crippen molar-refractivity contribution in [2.75, 3.05) is 0 Å². The molecule has 0 N–H and O–H groups in total. The van der Waals surface area contributed by atoms with E-state index in [2.05, 4.69) is 31.9 Å². The number of alkyl halides is 2. The molecular weight excluding hydrogens is 398 g/mol. The summed E-state index contributed by atoms with van der Waals surface area (Å²) in [6, 6.07) is 0. The highest BCUT2D eigenvalue weighted by Crippen LogP contribution is 2.80. The van der Waals surface area contributed by atoms with Crippen molar-refractivity contribution in [2.24, 2.45) is 5.92 Å². The molecule has 0 radical (unpaired) electrons. The number of halogens is 4. The van der Waals surface area contributed by atoms with E-state index in [0.29, 0.717) is 5.92 Å². The van der Waals surface area contributed by atoms with Crippen LogP contribution in [0.2, 0.25) is 0 Å². The van der Waals surface area contributed by atoms with Crippen LogP contribution in [0, 0.1) is 5.92 Å². The minimum absolute atomic E-state index is 0.107. The van der Waals surface area contributed by atoms with Crippen LogP contribution in [-0.2, 0) is 4.57 Å². The molecule has 4 aliphatic rings. The number of hydrogen-bond acceptors (Lipinski definition) is 1. The van der Waals surface area contributed by atoms with Crippen LogP contribution < -0.4 is 0 Å². The SMILES string of the molecule is O=P(Cl)(Cl)C12CC3C[C@@](Br)(C1)C[C@](Br)(C3)C2. The van der Waals surface area contributed by atoms with E-state index in [1.54, 1.807) is 0 Å². The molecule has 4 saturated carbocycles. The van der Waals surface area contributed by atoms with Crippen LogP contribution in [0.4, 0.5) is 0 Å². The monoisotopic (exact) mass is 408 g/mol. The quantitative estimate of drug-likeness (QED) is 0.402. The van der Waals surface area contributed by atoms with Crippen molar-refractivity contribution >= 4 is 60.2 Å². The maximum atomic E-state index is 12.2. The Bertz CT molecular complexity index is 378. The summed E-state index contributed by atoms with van der Waals surface area (Å²) in [6.07, 6.45) is 6.14. The van der Waals surface area contributed by atoms with E-state index in [-0.39, 0.29) is 13.8 Å². The number of rotatable bonds is 1. The molecular formula is C10H13Br2Cl2OP. The molecule has 92 valence electrons. The van der Waals surface area contributed by atoms with Gasteiger partial charge in [0.25, 0.3) is 5.85 Å². The first kappa shape index (κ1) is 12.8. The first-order chi connectivity index (χ1) is 7.16. The third-order valence-electron chi connectivity index (χ3n) is 4.46. The molecule has 4 aliphatic carbocycles. The molecule has 0 aliphatic heterocycles. The van der Waals surface area contributed by atoms with Crippen molar-refractivity contribution in [2.45, 2.75) is 52.3 Å². The highest BCUT2D eigenvalue weighted by molar-refractivity contribution is 9.10. The number of hydrogen-bond donors (Lipinski definition) is 0. The van der Waals surface area contributed by atoms with Crippen LogP contribution >= 0.6 is 60.2 Å². The second-order valence-electron chi connectivity index (χ2n) is 6.00. The molecule has 0 aromatic carbocycles. The maximum absolute atomic E-state index is 12.2. The van der Waals surface area contributed by atoms with Gasteiger partial charge in [0.1, 0.15) is 0 Å². The van der Waals surface area contributed by atoms with Gasteiger partial charge in [-0.3, -0.25) is 4.57 Å². The minimum atomic E-state index is -3.07. The molecule has 6 heteroatoms. The van der Waals surface area contributed by atoms with Crippen molar-refractivity contribution in [3.63, 3.8) is 0 Å². The van der Waals surface area contributed by atoms with Crippen molar-refractivity contribution in [3.05, 3.63) is 0 Å². The van der Waals surface area contributed by atoms with Gasteiger partial charge in [-0.2, -0.15) is 0 Å². The lowest BCUT2D eigenvalue weighted by Crippen LogP contribution is -2.60. The van der Waals surface area contributed by atoms with E-state index in [1.165, 1.54) is 12.8 Å². The molecule has 0 heterocycles. The van der Waals surface area contributed by atoms with Gasteiger partial charge in [-0.1, -0.05) is 31.9 Å². The Kier molecular flexibility index (Phi) is 2.76. The Balaban J connectivity index is 2.08. The summed E-state index contributed by atoms with van der Waals surface area (Å²) in [4.78, 5) is 0. The Morgan fingerprint density at radius 3 is 1.88 bits per heavy atom. The van der Waals surface area contributed by atoms with E-state index >= 15 is 0 Å². The topological polar surface area (TPSA) is 17.1 Å². The summed E-state index contributed by atoms with van der Waals surface area (Å²) in [5.41, 5.74) is 0. The van der Waals surface area contributed by atoms with Crippen LogP contribution in [0.1, 0.15) is 38.5 Å². The first-order valence-electron chi connectivity index (χ1n) is 5.53. The van der Waals surface area contributed by atoms with Crippen molar-refractivity contribution in [3.8, 4) is 0 Å². The summed E-state index contributed by atoms with van der Waals surface area (Å²) in [5.74, 6) is -2.45. The molecule has 0 aromatic rings. The molecule has 0 amide bonds. The van der Waals surface area contributed by atoms with Gasteiger partial charge in [-0.05, 0) is 66.9 Å². The molecule has 4 bridgehead atoms. The van der Waals surface area contributed by atoms with Crippen LogP contribution in [-0.4, -0.2) is 13.8 Å². The lowest BCUT2D eigenvalue weighted by molar-refractivity contribution is 0.0797. The van der Waals surface area contributed by atoms with E-state index < -0.39 is 5.85 Å². The average molecular weight is 411 g/mol. The largest absolute Gasteiger partial charge is 0.289 e. The Hall–Kier alpha value is 1.77. The smallest absolute Gasteiger partial charge is 0.259 e. The summed E-state index contributed by atoms with van der Waals surface area (Å²) in [5, 5.41) is -0.345. The summed E-state index contributed by atoms with van der Waals surface area (Å²) in [7, 11) is 0. The van der Waals surface area contributed by atoms with Gasteiger partial charge >= 0.3 is 0 Å². The Labute approximate surface area is 122 Å². The highest BCUT2D eigenvalue weighted by Gasteiger charge is 2.66. The van der Waals surface area contributed by atoms with Crippen LogP contribution in [0.3, 0.4) is 0 Å². The van der Waals surface area contributed by atoms with Gasteiger partial charge in [0.15, 0.2) is 0 Å². The molecule has 4 rings (SSSR count). The third kappa shape index (κ3) is 1.80. The molecule has 0 saturated heterocycles. The summed E-state index contributed by atoms with van der Waals surface area (Å²) < 4.78 is 12.5. The molecule has 4 atom stereocenters. The summed E-state index contributed by atoms with van der Waals surface area (Å²) in [6.45, 7) is 0. The zero-order valence-electron chi connectivity index (χ0n) is 8.69. The summed E-state index contributed by atoms with van der Waals surface area (Å²) >= 11 is 19.8. The highest BCUT2D eigenvalue weighted by atomic mass is 79.9. The van der Waals surface area contributed by atoms with Gasteiger partial charge in [0.05, 0.1) is 5.16 Å². The van der Waals surface area contributed by atoms with Crippen LogP contribution in [0.5, 0.6) is 0 Å². The van der Waals surface area contributed by atoms with Gasteiger partial charge in [-0.15, -0.1) is 0 Å². The fourth-order valence-corrected chi connectivity index (χ4v) is 10.9. The molecule has 0 spiro atoms. The van der Waals surface area contributed by atoms with Crippen molar-refractivity contribution in [1.29, 1.82) is 0 Å². The predicted octanol–water partition coefficient (Wildman–Crippen LogP) is 5.66. The third-order valence-corrected chi connectivity index (χ3v) is 9.98. The molecule has 2 unspecified atom stereocenters. The average Bonchev–Trinajstić information content (AvgIpc) is 1.92. The first-order valence-corrected chi connectivity index (χ1v) is 10.6. The lowest BCUT2D eigenvalue weighted by atomic mass is 9.55. The lowest BCUT2D eigenvalue weighted by Gasteiger charge is -2.63. The van der Waals surface area contributed by atoms with Crippen LogP contribution in [0.15, 0.2) is 0 Å². The second kappa shape index (κ2) is 3.45. The Morgan fingerprint density at radius 1 is 1.00 bits per heavy atom. The van der Waals surface area contributed by atoms with Gasteiger partial charge in [0.2, 0.25) is 0 Å².